The number of hydrogen-bond acceptors (Lipinski definition) is 7. The SMILES string of the molecule is CC1=C(C(=O)OCc2ccccc2)[C@H](c2ccc(O)cc2)n2nnnc2N1. The summed E-state index contributed by atoms with van der Waals surface area (Å²) < 4.78 is 7.06. The fourth-order valence-corrected chi connectivity index (χ4v) is 3.04. The maximum absolute atomic E-state index is 12.9. The van der Waals surface area contributed by atoms with Gasteiger partial charge in [0.1, 0.15) is 18.4 Å². The van der Waals surface area contributed by atoms with Gasteiger partial charge in [-0.05, 0) is 40.6 Å². The quantitative estimate of drug-likeness (QED) is 0.686. The van der Waals surface area contributed by atoms with Crippen LogP contribution in [0.5, 0.6) is 5.75 Å². The van der Waals surface area contributed by atoms with Crippen LogP contribution in [0.4, 0.5) is 5.95 Å². The molecule has 4 rings (SSSR count). The molecule has 0 amide bonds. The number of rotatable bonds is 4. The number of phenolic OH excluding ortho intramolecular Hbond substituents is 1. The van der Waals surface area contributed by atoms with E-state index in [9.17, 15) is 9.90 Å². The molecule has 3 aromatic rings. The summed E-state index contributed by atoms with van der Waals surface area (Å²) in [4.78, 5) is 12.9. The zero-order valence-electron chi connectivity index (χ0n) is 14.5. The van der Waals surface area contributed by atoms with Crippen LogP contribution in [-0.2, 0) is 16.1 Å². The lowest BCUT2D eigenvalue weighted by atomic mass is 9.96. The van der Waals surface area contributed by atoms with Crippen molar-refractivity contribution in [1.82, 2.24) is 20.2 Å². The second-order valence-electron chi connectivity index (χ2n) is 6.17. The van der Waals surface area contributed by atoms with Gasteiger partial charge < -0.3 is 15.2 Å². The Balaban J connectivity index is 1.67. The Labute approximate surface area is 155 Å². The second kappa shape index (κ2) is 6.91. The summed E-state index contributed by atoms with van der Waals surface area (Å²) in [7, 11) is 0. The number of carbonyl (C=O) groups excluding carboxylic acids is 1. The summed E-state index contributed by atoms with van der Waals surface area (Å²) in [5.74, 6) is 0.117. The summed E-state index contributed by atoms with van der Waals surface area (Å²) in [6.45, 7) is 1.95. The molecular weight excluding hydrogens is 346 g/mol. The molecule has 27 heavy (non-hydrogen) atoms. The maximum atomic E-state index is 12.9. The Bertz CT molecular complexity index is 996. The molecule has 1 aliphatic heterocycles. The van der Waals surface area contributed by atoms with Crippen LogP contribution < -0.4 is 5.32 Å². The number of nitrogens with one attached hydrogen (secondary N) is 1. The van der Waals surface area contributed by atoms with Crippen molar-refractivity contribution in [3.05, 3.63) is 77.0 Å². The van der Waals surface area contributed by atoms with E-state index in [0.29, 0.717) is 17.2 Å². The first kappa shape index (κ1) is 16.8. The van der Waals surface area contributed by atoms with Crippen LogP contribution in [-0.4, -0.2) is 31.3 Å². The Morgan fingerprint density at radius 1 is 1.19 bits per heavy atom. The van der Waals surface area contributed by atoms with E-state index in [-0.39, 0.29) is 12.4 Å². The van der Waals surface area contributed by atoms with Gasteiger partial charge in [0, 0.05) is 5.70 Å². The van der Waals surface area contributed by atoms with Crippen LogP contribution in [0.3, 0.4) is 0 Å². The van der Waals surface area contributed by atoms with Gasteiger partial charge in [0.05, 0.1) is 5.57 Å². The second-order valence-corrected chi connectivity index (χ2v) is 6.17. The summed E-state index contributed by atoms with van der Waals surface area (Å²) in [6.07, 6.45) is 0. The minimum Gasteiger partial charge on any atom is -0.508 e. The highest BCUT2D eigenvalue weighted by atomic mass is 16.5. The zero-order chi connectivity index (χ0) is 18.8. The van der Waals surface area contributed by atoms with Crippen molar-refractivity contribution in [2.24, 2.45) is 0 Å². The summed E-state index contributed by atoms with van der Waals surface area (Å²) >= 11 is 0. The van der Waals surface area contributed by atoms with Gasteiger partial charge in [-0.15, -0.1) is 0 Å². The molecule has 2 N–H and O–H groups in total. The molecule has 2 aromatic carbocycles. The van der Waals surface area contributed by atoms with Crippen LogP contribution in [0.15, 0.2) is 65.9 Å². The number of nitrogens with zero attached hydrogens (tertiary/aromatic N) is 4. The Kier molecular flexibility index (Phi) is 4.29. The average Bonchev–Trinajstić information content (AvgIpc) is 3.14. The molecule has 8 heteroatoms. The van der Waals surface area contributed by atoms with Gasteiger partial charge in [-0.1, -0.05) is 47.6 Å². The molecule has 1 aromatic heterocycles. The maximum Gasteiger partial charge on any atom is 0.338 e. The molecule has 0 radical (unpaired) electrons. The first-order valence-corrected chi connectivity index (χ1v) is 8.39. The third kappa shape index (κ3) is 3.24. The zero-order valence-corrected chi connectivity index (χ0v) is 14.5. The molecule has 0 fully saturated rings. The van der Waals surface area contributed by atoms with E-state index < -0.39 is 12.0 Å². The number of anilines is 1. The number of carbonyl (C=O) groups is 1. The Morgan fingerprint density at radius 3 is 2.67 bits per heavy atom. The van der Waals surface area contributed by atoms with Crippen molar-refractivity contribution in [3.8, 4) is 5.75 Å². The predicted molar refractivity (Wildman–Crippen MR) is 96.6 cm³/mol. The molecule has 0 saturated heterocycles. The number of allylic oxidation sites excluding steroid dienone is 1. The van der Waals surface area contributed by atoms with Gasteiger partial charge in [0.25, 0.3) is 0 Å². The van der Waals surface area contributed by atoms with Crippen LogP contribution in [0.1, 0.15) is 24.1 Å². The largest absolute Gasteiger partial charge is 0.508 e. The monoisotopic (exact) mass is 363 g/mol. The van der Waals surface area contributed by atoms with E-state index in [4.69, 9.17) is 4.74 Å². The fourth-order valence-electron chi connectivity index (χ4n) is 3.04. The number of esters is 1. The van der Waals surface area contributed by atoms with Crippen molar-refractivity contribution in [1.29, 1.82) is 0 Å². The lowest BCUT2D eigenvalue weighted by molar-refractivity contribution is -0.140. The highest BCUT2D eigenvalue weighted by Crippen LogP contribution is 2.35. The molecule has 0 saturated carbocycles. The molecule has 8 nitrogen and oxygen atoms in total. The molecule has 136 valence electrons. The number of fused-ring (bicyclic) bond motifs is 1. The molecule has 0 bridgehead atoms. The summed E-state index contributed by atoms with van der Waals surface area (Å²) in [5, 5.41) is 24.3. The Hall–Kier alpha value is -3.68. The number of benzene rings is 2. The van der Waals surface area contributed by atoms with Crippen molar-refractivity contribution in [2.75, 3.05) is 5.32 Å². The van der Waals surface area contributed by atoms with E-state index in [1.54, 1.807) is 31.2 Å². The molecule has 0 unspecified atom stereocenters. The predicted octanol–water partition coefficient (Wildman–Crippen LogP) is 2.41. The summed E-state index contributed by atoms with van der Waals surface area (Å²) in [5.41, 5.74) is 2.69. The molecule has 1 aliphatic rings. The van der Waals surface area contributed by atoms with Crippen molar-refractivity contribution in [2.45, 2.75) is 19.6 Å². The van der Waals surface area contributed by atoms with Crippen molar-refractivity contribution < 1.29 is 14.6 Å². The summed E-state index contributed by atoms with van der Waals surface area (Å²) in [6, 6.07) is 15.5. The van der Waals surface area contributed by atoms with E-state index in [0.717, 1.165) is 11.1 Å². The average molecular weight is 363 g/mol. The fraction of sp³-hybridized carbons (Fsp3) is 0.158. The van der Waals surface area contributed by atoms with Gasteiger partial charge in [0.2, 0.25) is 5.95 Å². The van der Waals surface area contributed by atoms with Crippen molar-refractivity contribution in [3.63, 3.8) is 0 Å². The van der Waals surface area contributed by atoms with E-state index >= 15 is 0 Å². The molecule has 0 spiro atoms. The topological polar surface area (TPSA) is 102 Å². The third-order valence-corrected chi connectivity index (χ3v) is 4.36. The molecule has 2 heterocycles. The Morgan fingerprint density at radius 2 is 1.93 bits per heavy atom. The highest BCUT2D eigenvalue weighted by molar-refractivity contribution is 5.92. The minimum absolute atomic E-state index is 0.138. The number of phenols is 1. The van der Waals surface area contributed by atoms with Crippen LogP contribution in [0, 0.1) is 0 Å². The van der Waals surface area contributed by atoms with Crippen LogP contribution in [0.25, 0.3) is 0 Å². The molecule has 0 aliphatic carbocycles. The highest BCUT2D eigenvalue weighted by Gasteiger charge is 2.34. The first-order valence-electron chi connectivity index (χ1n) is 8.39. The standard InChI is InChI=1S/C19H17N5O3/c1-12-16(18(26)27-11-13-5-3-2-4-6-13)17(14-7-9-15(25)10-8-14)24-19(20-12)21-22-23-24/h2-10,17,25H,11H2,1H3,(H,20,21,23)/t17-/m0/s1. The van der Waals surface area contributed by atoms with Crippen LogP contribution >= 0.6 is 0 Å². The first-order chi connectivity index (χ1) is 13.1. The van der Waals surface area contributed by atoms with E-state index in [1.807, 2.05) is 30.3 Å². The number of ether oxygens (including phenoxy) is 1. The number of aromatic nitrogens is 4. The van der Waals surface area contributed by atoms with E-state index in [1.165, 1.54) is 4.68 Å². The number of hydrogen-bond donors (Lipinski definition) is 2. The van der Waals surface area contributed by atoms with Gasteiger partial charge in [-0.2, -0.15) is 4.68 Å². The van der Waals surface area contributed by atoms with Gasteiger partial charge in [-0.25, -0.2) is 4.79 Å². The third-order valence-electron chi connectivity index (χ3n) is 4.36. The number of tetrazole rings is 1. The van der Waals surface area contributed by atoms with Gasteiger partial charge in [-0.3, -0.25) is 0 Å². The molecule has 1 atom stereocenters. The molecular formula is C19H17N5O3. The smallest absolute Gasteiger partial charge is 0.338 e. The lowest BCUT2D eigenvalue weighted by Gasteiger charge is -2.27. The van der Waals surface area contributed by atoms with Crippen LogP contribution in [0.2, 0.25) is 0 Å². The van der Waals surface area contributed by atoms with Crippen molar-refractivity contribution >= 4 is 11.9 Å². The van der Waals surface area contributed by atoms with Gasteiger partial charge >= 0.3 is 5.97 Å². The van der Waals surface area contributed by atoms with Gasteiger partial charge in [0.15, 0.2) is 0 Å². The lowest BCUT2D eigenvalue weighted by Crippen LogP contribution is -2.29. The number of aromatic hydroxyl groups is 1. The van der Waals surface area contributed by atoms with E-state index in [2.05, 4.69) is 20.8 Å². The minimum atomic E-state index is -0.555. The normalized spacial score (nSPS) is 15.8.